The van der Waals surface area contributed by atoms with E-state index in [1.165, 1.54) is 0 Å². The summed E-state index contributed by atoms with van der Waals surface area (Å²) in [5.41, 5.74) is 0. The molecule has 0 rings (SSSR count). The molecule has 18 heavy (non-hydrogen) atoms. The summed E-state index contributed by atoms with van der Waals surface area (Å²) in [6, 6.07) is 0. The van der Waals surface area contributed by atoms with Crippen molar-refractivity contribution in [3.8, 4) is 0 Å². The maximum absolute atomic E-state index is 11.5. The van der Waals surface area contributed by atoms with Gasteiger partial charge in [-0.15, -0.1) is 0 Å². The summed E-state index contributed by atoms with van der Waals surface area (Å²) in [5.74, 6) is 0.601. The number of aliphatic carboxylic acids is 1. The van der Waals surface area contributed by atoms with Gasteiger partial charge in [0.2, 0.25) is 0 Å². The van der Waals surface area contributed by atoms with Crippen molar-refractivity contribution in [3.05, 3.63) is 0 Å². The number of carboxylic acids is 1. The van der Waals surface area contributed by atoms with Crippen LogP contribution in [0.15, 0.2) is 0 Å². The van der Waals surface area contributed by atoms with Gasteiger partial charge in [0, 0.05) is 18.8 Å². The highest BCUT2D eigenvalue weighted by molar-refractivity contribution is 5.80. The lowest BCUT2D eigenvalue weighted by Crippen LogP contribution is -2.09. The average molecular weight is 256 g/mol. The van der Waals surface area contributed by atoms with E-state index < -0.39 is 5.97 Å². The summed E-state index contributed by atoms with van der Waals surface area (Å²) < 4.78 is 0. The fourth-order valence-corrected chi connectivity index (χ4v) is 2.04. The molecule has 0 aromatic carbocycles. The standard InChI is InChI=1S/C15H28O3/c1-11(2)14(16)9-8-12(3)6-5-7-13(4)10-15(17)18/h11-13H,5-10H2,1-4H3,(H,17,18)/t12?,13-/m1/s1. The zero-order chi connectivity index (χ0) is 14.1. The predicted octanol–water partition coefficient (Wildman–Crippen LogP) is 3.91. The molecule has 2 atom stereocenters. The molecule has 1 N–H and O–H groups in total. The second-order valence-corrected chi connectivity index (χ2v) is 5.90. The second-order valence-electron chi connectivity index (χ2n) is 5.90. The minimum absolute atomic E-state index is 0.146. The number of Topliss-reactive ketones (excluding diaryl/α,β-unsaturated/α-hetero) is 1. The van der Waals surface area contributed by atoms with E-state index in [4.69, 9.17) is 5.11 Å². The third-order valence-corrected chi connectivity index (χ3v) is 3.44. The van der Waals surface area contributed by atoms with E-state index in [2.05, 4.69) is 6.92 Å². The normalized spacial score (nSPS) is 14.5. The van der Waals surface area contributed by atoms with Gasteiger partial charge in [-0.25, -0.2) is 0 Å². The van der Waals surface area contributed by atoms with Gasteiger partial charge in [-0.05, 0) is 18.3 Å². The average Bonchev–Trinajstić information content (AvgIpc) is 2.24. The molecule has 0 bridgehead atoms. The Hall–Kier alpha value is -0.860. The van der Waals surface area contributed by atoms with Gasteiger partial charge in [0.05, 0.1) is 0 Å². The zero-order valence-electron chi connectivity index (χ0n) is 12.2. The molecule has 0 aromatic heterocycles. The Morgan fingerprint density at radius 1 is 0.944 bits per heavy atom. The molecule has 3 heteroatoms. The van der Waals surface area contributed by atoms with E-state index in [9.17, 15) is 9.59 Å². The molecule has 1 unspecified atom stereocenters. The van der Waals surface area contributed by atoms with E-state index in [1.54, 1.807) is 0 Å². The van der Waals surface area contributed by atoms with Crippen molar-refractivity contribution < 1.29 is 14.7 Å². The molecule has 0 fully saturated rings. The molecule has 0 saturated carbocycles. The molecule has 106 valence electrons. The number of carbonyl (C=O) groups is 2. The van der Waals surface area contributed by atoms with Crippen LogP contribution in [0.1, 0.15) is 66.2 Å². The van der Waals surface area contributed by atoms with Crippen molar-refractivity contribution in [2.75, 3.05) is 0 Å². The van der Waals surface area contributed by atoms with Crippen LogP contribution < -0.4 is 0 Å². The van der Waals surface area contributed by atoms with Crippen LogP contribution in [-0.4, -0.2) is 16.9 Å². The van der Waals surface area contributed by atoms with Gasteiger partial charge >= 0.3 is 5.97 Å². The highest BCUT2D eigenvalue weighted by Crippen LogP contribution is 2.19. The fourth-order valence-electron chi connectivity index (χ4n) is 2.04. The molecule has 0 aromatic rings. The van der Waals surface area contributed by atoms with E-state index in [1.807, 2.05) is 20.8 Å². The van der Waals surface area contributed by atoms with Crippen LogP contribution in [0.5, 0.6) is 0 Å². The topological polar surface area (TPSA) is 54.4 Å². The first kappa shape index (κ1) is 17.1. The van der Waals surface area contributed by atoms with Crippen LogP contribution in [0.3, 0.4) is 0 Å². The molecule has 0 amide bonds. The van der Waals surface area contributed by atoms with E-state index in [0.717, 1.165) is 25.7 Å². The lowest BCUT2D eigenvalue weighted by Gasteiger charge is -2.13. The Labute approximate surface area is 111 Å². The molecular weight excluding hydrogens is 228 g/mol. The van der Waals surface area contributed by atoms with Crippen molar-refractivity contribution >= 4 is 11.8 Å². The molecular formula is C15H28O3. The summed E-state index contributed by atoms with van der Waals surface area (Å²) in [5, 5.41) is 8.65. The van der Waals surface area contributed by atoms with Gasteiger partial charge in [-0.3, -0.25) is 9.59 Å². The van der Waals surface area contributed by atoms with Crippen LogP contribution >= 0.6 is 0 Å². The molecule has 0 aliphatic carbocycles. The van der Waals surface area contributed by atoms with Gasteiger partial charge in [0.15, 0.2) is 0 Å². The SMILES string of the molecule is CC(CCC[C@@H](C)CC(=O)O)CCC(=O)C(C)C. The van der Waals surface area contributed by atoms with Gasteiger partial charge in [0.1, 0.15) is 5.78 Å². The van der Waals surface area contributed by atoms with Gasteiger partial charge in [-0.1, -0.05) is 47.0 Å². The maximum Gasteiger partial charge on any atom is 0.303 e. The van der Waals surface area contributed by atoms with Crippen molar-refractivity contribution in [3.63, 3.8) is 0 Å². The number of ketones is 1. The fraction of sp³-hybridized carbons (Fsp3) is 0.867. The number of carbonyl (C=O) groups excluding carboxylic acids is 1. The Kier molecular flexibility index (Phi) is 8.69. The minimum Gasteiger partial charge on any atom is -0.481 e. The summed E-state index contributed by atoms with van der Waals surface area (Å²) in [6.07, 6.45) is 5.03. The second kappa shape index (κ2) is 9.12. The minimum atomic E-state index is -0.710. The Bertz CT molecular complexity index is 258. The summed E-state index contributed by atoms with van der Waals surface area (Å²) in [6.45, 7) is 8.05. The molecule has 3 nitrogen and oxygen atoms in total. The first-order valence-corrected chi connectivity index (χ1v) is 7.07. The molecule has 0 saturated heterocycles. The highest BCUT2D eigenvalue weighted by atomic mass is 16.4. The Morgan fingerprint density at radius 3 is 2.00 bits per heavy atom. The lowest BCUT2D eigenvalue weighted by atomic mass is 9.92. The van der Waals surface area contributed by atoms with Crippen molar-refractivity contribution in [1.29, 1.82) is 0 Å². The van der Waals surface area contributed by atoms with E-state index in [0.29, 0.717) is 18.1 Å². The number of carboxylic acid groups (broad SMARTS) is 1. The van der Waals surface area contributed by atoms with Crippen LogP contribution in [-0.2, 0) is 9.59 Å². The van der Waals surface area contributed by atoms with E-state index in [-0.39, 0.29) is 18.3 Å². The first-order valence-electron chi connectivity index (χ1n) is 7.07. The van der Waals surface area contributed by atoms with Crippen LogP contribution in [0.2, 0.25) is 0 Å². The zero-order valence-corrected chi connectivity index (χ0v) is 12.2. The largest absolute Gasteiger partial charge is 0.481 e. The van der Waals surface area contributed by atoms with E-state index >= 15 is 0 Å². The summed E-state index contributed by atoms with van der Waals surface area (Å²) >= 11 is 0. The first-order chi connectivity index (χ1) is 8.32. The molecule has 0 radical (unpaired) electrons. The Morgan fingerprint density at radius 2 is 1.50 bits per heavy atom. The van der Waals surface area contributed by atoms with Gasteiger partial charge in [0.25, 0.3) is 0 Å². The maximum atomic E-state index is 11.5. The van der Waals surface area contributed by atoms with Crippen LogP contribution in [0.25, 0.3) is 0 Å². The summed E-state index contributed by atoms with van der Waals surface area (Å²) in [4.78, 5) is 22.0. The number of hydrogen-bond donors (Lipinski definition) is 1. The molecule has 0 heterocycles. The Balaban J connectivity index is 3.62. The summed E-state index contributed by atoms with van der Waals surface area (Å²) in [7, 11) is 0. The molecule has 0 aliphatic rings. The predicted molar refractivity (Wildman–Crippen MR) is 73.5 cm³/mol. The monoisotopic (exact) mass is 256 g/mol. The number of rotatable bonds is 10. The van der Waals surface area contributed by atoms with Gasteiger partial charge < -0.3 is 5.11 Å². The third kappa shape index (κ3) is 9.20. The van der Waals surface area contributed by atoms with Crippen LogP contribution in [0.4, 0.5) is 0 Å². The lowest BCUT2D eigenvalue weighted by molar-refractivity contribution is -0.138. The smallest absolute Gasteiger partial charge is 0.303 e. The third-order valence-electron chi connectivity index (χ3n) is 3.44. The quantitative estimate of drug-likeness (QED) is 0.644. The number of hydrogen-bond acceptors (Lipinski definition) is 2. The van der Waals surface area contributed by atoms with Crippen molar-refractivity contribution in [1.82, 2.24) is 0 Å². The molecule has 0 spiro atoms. The van der Waals surface area contributed by atoms with Gasteiger partial charge in [-0.2, -0.15) is 0 Å². The molecule has 0 aliphatic heterocycles. The highest BCUT2D eigenvalue weighted by Gasteiger charge is 2.11. The van der Waals surface area contributed by atoms with Crippen LogP contribution in [0, 0.1) is 17.8 Å². The van der Waals surface area contributed by atoms with Crippen molar-refractivity contribution in [2.45, 2.75) is 66.2 Å². The van der Waals surface area contributed by atoms with Crippen molar-refractivity contribution in [2.24, 2.45) is 17.8 Å².